The number of hydrogen-bond donors (Lipinski definition) is 2. The van der Waals surface area contributed by atoms with Crippen molar-refractivity contribution in [3.05, 3.63) is 69.8 Å². The van der Waals surface area contributed by atoms with Crippen LogP contribution in [0.5, 0.6) is 0 Å². The maximum atomic E-state index is 14.4. The van der Waals surface area contributed by atoms with Gasteiger partial charge in [-0.1, -0.05) is 29.8 Å². The van der Waals surface area contributed by atoms with Crippen LogP contribution in [0.25, 0.3) is 21.8 Å². The van der Waals surface area contributed by atoms with Crippen molar-refractivity contribution in [2.45, 2.75) is 6.92 Å². The minimum absolute atomic E-state index is 0.268. The molecule has 4 rings (SSSR count). The number of carbonyl (C=O) groups excluding carboxylic acids is 2. The predicted molar refractivity (Wildman–Crippen MR) is 122 cm³/mol. The van der Waals surface area contributed by atoms with E-state index in [0.717, 1.165) is 5.56 Å². The molecule has 31 heavy (non-hydrogen) atoms. The molecule has 0 aliphatic rings. The third-order valence-electron chi connectivity index (χ3n) is 4.12. The summed E-state index contributed by atoms with van der Waals surface area (Å²) in [6, 6.07) is 11.6. The quantitative estimate of drug-likeness (QED) is 0.376. The average Bonchev–Trinajstić information content (AvgIpc) is 3.38. The van der Waals surface area contributed by atoms with Gasteiger partial charge in [0.05, 0.1) is 16.9 Å². The Morgan fingerprint density at radius 1 is 1.10 bits per heavy atom. The summed E-state index contributed by atoms with van der Waals surface area (Å²) in [6.45, 7) is 1.35. The summed E-state index contributed by atoms with van der Waals surface area (Å²) in [5.74, 6) is -1.17. The Hall–Kier alpha value is -3.14. The molecule has 0 unspecified atom stereocenters. The van der Waals surface area contributed by atoms with E-state index in [1.807, 2.05) is 18.2 Å². The fourth-order valence-electron chi connectivity index (χ4n) is 2.76. The number of hydrogen-bond acceptors (Lipinski definition) is 6. The third-order valence-corrected chi connectivity index (χ3v) is 6.24. The van der Waals surface area contributed by atoms with Gasteiger partial charge >= 0.3 is 0 Å². The van der Waals surface area contributed by atoms with Gasteiger partial charge in [-0.2, -0.15) is 0 Å². The van der Waals surface area contributed by atoms with Crippen LogP contribution in [0.4, 0.5) is 15.2 Å². The minimum atomic E-state index is -0.527. The second kappa shape index (κ2) is 8.93. The number of carbonyl (C=O) groups is 2. The van der Waals surface area contributed by atoms with Crippen LogP contribution >= 0.6 is 34.3 Å². The molecule has 2 amide bonds. The second-order valence-corrected chi connectivity index (χ2v) is 8.67. The van der Waals surface area contributed by atoms with Crippen molar-refractivity contribution < 1.29 is 14.0 Å². The van der Waals surface area contributed by atoms with Crippen LogP contribution in [0, 0.1) is 5.82 Å². The number of thiazole rings is 2. The first-order chi connectivity index (χ1) is 14.9. The molecule has 10 heteroatoms. The second-order valence-electron chi connectivity index (χ2n) is 6.38. The molecular weight excluding hydrogens is 459 g/mol. The van der Waals surface area contributed by atoms with Crippen molar-refractivity contribution >= 4 is 56.9 Å². The lowest BCUT2D eigenvalue weighted by molar-refractivity contribution is -0.114. The van der Waals surface area contributed by atoms with Crippen molar-refractivity contribution in [3.63, 3.8) is 0 Å². The molecule has 4 aromatic rings. The lowest BCUT2D eigenvalue weighted by atomic mass is 10.1. The van der Waals surface area contributed by atoms with Gasteiger partial charge in [0.15, 0.2) is 5.13 Å². The first-order valence-electron chi connectivity index (χ1n) is 8.96. The molecule has 0 saturated carbocycles. The molecule has 2 N–H and O–H groups in total. The smallest absolute Gasteiger partial charge is 0.269 e. The first kappa shape index (κ1) is 21.1. The molecule has 0 aliphatic heterocycles. The molecule has 0 fully saturated rings. The summed E-state index contributed by atoms with van der Waals surface area (Å²) < 4.78 is 14.4. The van der Waals surface area contributed by atoms with Crippen LogP contribution in [-0.4, -0.2) is 21.8 Å². The number of halogens is 2. The largest absolute Gasteiger partial charge is 0.326 e. The zero-order valence-corrected chi connectivity index (χ0v) is 18.4. The molecular formula is C21H14ClFN4O2S2. The number of benzene rings is 2. The number of anilines is 2. The Kier molecular flexibility index (Phi) is 6.08. The Labute approximate surface area is 189 Å². The predicted octanol–water partition coefficient (Wildman–Crippen LogP) is 5.94. The van der Waals surface area contributed by atoms with E-state index in [2.05, 4.69) is 20.6 Å². The summed E-state index contributed by atoms with van der Waals surface area (Å²) in [7, 11) is 0. The van der Waals surface area contributed by atoms with E-state index in [0.29, 0.717) is 31.4 Å². The Morgan fingerprint density at radius 2 is 1.90 bits per heavy atom. The van der Waals surface area contributed by atoms with Crippen LogP contribution in [0.2, 0.25) is 5.02 Å². The molecule has 0 saturated heterocycles. The van der Waals surface area contributed by atoms with Crippen LogP contribution < -0.4 is 10.6 Å². The summed E-state index contributed by atoms with van der Waals surface area (Å²) in [6.07, 6.45) is 1.48. The lowest BCUT2D eigenvalue weighted by Gasteiger charge is -2.04. The van der Waals surface area contributed by atoms with E-state index in [-0.39, 0.29) is 17.4 Å². The molecule has 6 nitrogen and oxygen atoms in total. The molecule has 0 radical (unpaired) electrons. The summed E-state index contributed by atoms with van der Waals surface area (Å²) in [5.41, 5.74) is 1.76. The van der Waals surface area contributed by atoms with Crippen molar-refractivity contribution in [3.8, 4) is 21.8 Å². The Bertz CT molecular complexity index is 1290. The van der Waals surface area contributed by atoms with Gasteiger partial charge in [-0.15, -0.1) is 22.7 Å². The van der Waals surface area contributed by atoms with Gasteiger partial charge < -0.3 is 5.32 Å². The van der Waals surface area contributed by atoms with Crippen molar-refractivity contribution in [2.24, 2.45) is 0 Å². The van der Waals surface area contributed by atoms with Crippen molar-refractivity contribution in [2.75, 3.05) is 10.6 Å². The molecule has 2 aromatic carbocycles. The van der Waals surface area contributed by atoms with Crippen molar-refractivity contribution in [1.82, 2.24) is 9.97 Å². The summed E-state index contributed by atoms with van der Waals surface area (Å²) in [5, 5.41) is 8.41. The summed E-state index contributed by atoms with van der Waals surface area (Å²) >= 11 is 8.59. The number of amides is 2. The zero-order valence-electron chi connectivity index (χ0n) is 16.0. The van der Waals surface area contributed by atoms with E-state index in [1.54, 1.807) is 17.5 Å². The lowest BCUT2D eigenvalue weighted by Crippen LogP contribution is -2.09. The average molecular weight is 473 g/mol. The van der Waals surface area contributed by atoms with Gasteiger partial charge in [-0.05, 0) is 24.3 Å². The molecule has 156 valence electrons. The first-order valence-corrected chi connectivity index (χ1v) is 11.0. The van der Waals surface area contributed by atoms with Crippen LogP contribution in [0.15, 0.2) is 54.0 Å². The monoisotopic (exact) mass is 472 g/mol. The van der Waals surface area contributed by atoms with E-state index >= 15 is 0 Å². The van der Waals surface area contributed by atoms with Crippen LogP contribution in [0.1, 0.15) is 16.6 Å². The normalized spacial score (nSPS) is 10.7. The highest BCUT2D eigenvalue weighted by Gasteiger charge is 2.16. The van der Waals surface area contributed by atoms with Gasteiger partial charge in [0.1, 0.15) is 15.7 Å². The topological polar surface area (TPSA) is 84.0 Å². The number of nitrogens with zero attached hydrogens (tertiary/aromatic N) is 2. The highest BCUT2D eigenvalue weighted by Crippen LogP contribution is 2.32. The van der Waals surface area contributed by atoms with Gasteiger partial charge in [0, 0.05) is 29.1 Å². The maximum absolute atomic E-state index is 14.4. The summed E-state index contributed by atoms with van der Waals surface area (Å²) in [4.78, 5) is 32.7. The molecule has 0 bridgehead atoms. The van der Waals surface area contributed by atoms with Crippen molar-refractivity contribution in [1.29, 1.82) is 0 Å². The Morgan fingerprint density at radius 3 is 2.65 bits per heavy atom. The van der Waals surface area contributed by atoms with Gasteiger partial charge in [-0.25, -0.2) is 14.4 Å². The third kappa shape index (κ3) is 4.79. The van der Waals surface area contributed by atoms with Gasteiger partial charge in [0.25, 0.3) is 5.91 Å². The molecule has 0 aliphatic carbocycles. The number of aromatic nitrogens is 2. The SMILES string of the molecule is CC(=O)Nc1ccc(-c2csc(NC(=O)c3cnc(-c4ccccc4Cl)s3)n2)c(F)c1. The number of rotatable bonds is 5. The van der Waals surface area contributed by atoms with Gasteiger partial charge in [-0.3, -0.25) is 14.9 Å². The highest BCUT2D eigenvalue weighted by atomic mass is 35.5. The van der Waals surface area contributed by atoms with E-state index in [9.17, 15) is 14.0 Å². The number of nitrogens with one attached hydrogen (secondary N) is 2. The fourth-order valence-corrected chi connectivity index (χ4v) is 4.59. The molecule has 2 heterocycles. The molecule has 0 atom stereocenters. The highest BCUT2D eigenvalue weighted by molar-refractivity contribution is 7.17. The van der Waals surface area contributed by atoms with E-state index < -0.39 is 5.82 Å². The van der Waals surface area contributed by atoms with Crippen LogP contribution in [-0.2, 0) is 4.79 Å². The maximum Gasteiger partial charge on any atom is 0.269 e. The minimum Gasteiger partial charge on any atom is -0.326 e. The fraction of sp³-hybridized carbons (Fsp3) is 0.0476. The Balaban J connectivity index is 1.49. The van der Waals surface area contributed by atoms with E-state index in [4.69, 9.17) is 11.6 Å². The van der Waals surface area contributed by atoms with E-state index in [1.165, 1.54) is 47.9 Å². The zero-order chi connectivity index (χ0) is 22.0. The standard InChI is InChI=1S/C21H14ClFN4O2S2/c1-11(28)25-12-6-7-14(16(23)8-12)17-10-30-21(26-17)27-19(29)18-9-24-20(31-18)13-4-2-3-5-15(13)22/h2-10H,1H3,(H,25,28)(H,26,27,29). The molecule has 2 aromatic heterocycles. The van der Waals surface area contributed by atoms with Gasteiger partial charge in [0.2, 0.25) is 5.91 Å². The van der Waals surface area contributed by atoms with Crippen LogP contribution in [0.3, 0.4) is 0 Å². The molecule has 0 spiro atoms.